The summed E-state index contributed by atoms with van der Waals surface area (Å²) in [7, 11) is 0. The second-order valence-corrected chi connectivity index (χ2v) is 5.45. The SMILES string of the molecule is CC(C)C[C@@H]1C[C@@H](C/C(N)=N/O)CCN1C(=O)O. The average molecular weight is 257 g/mol. The lowest BCUT2D eigenvalue weighted by Crippen LogP contribution is -2.46. The first-order chi connectivity index (χ1) is 8.43. The van der Waals surface area contributed by atoms with Crippen LogP contribution in [-0.2, 0) is 0 Å². The summed E-state index contributed by atoms with van der Waals surface area (Å²) in [6.45, 7) is 4.72. The van der Waals surface area contributed by atoms with E-state index in [0.717, 1.165) is 19.3 Å². The number of likely N-dealkylation sites (tertiary alicyclic amines) is 1. The van der Waals surface area contributed by atoms with Crippen molar-refractivity contribution in [3.05, 3.63) is 0 Å². The Labute approximate surface area is 107 Å². The molecule has 0 bridgehead atoms. The molecule has 4 N–H and O–H groups in total. The molecule has 0 aromatic rings. The number of nitrogens with zero attached hydrogens (tertiary/aromatic N) is 2. The second kappa shape index (κ2) is 6.47. The van der Waals surface area contributed by atoms with Crippen molar-refractivity contribution >= 4 is 11.9 Å². The third kappa shape index (κ3) is 4.09. The van der Waals surface area contributed by atoms with Crippen LogP contribution < -0.4 is 5.73 Å². The van der Waals surface area contributed by atoms with E-state index in [-0.39, 0.29) is 11.9 Å². The van der Waals surface area contributed by atoms with E-state index < -0.39 is 6.09 Å². The van der Waals surface area contributed by atoms with Crippen molar-refractivity contribution in [3.63, 3.8) is 0 Å². The Balaban J connectivity index is 2.63. The van der Waals surface area contributed by atoms with E-state index in [4.69, 9.17) is 10.9 Å². The van der Waals surface area contributed by atoms with Gasteiger partial charge in [0.1, 0.15) is 5.84 Å². The predicted molar refractivity (Wildman–Crippen MR) is 68.7 cm³/mol. The number of piperidine rings is 1. The van der Waals surface area contributed by atoms with Gasteiger partial charge >= 0.3 is 6.09 Å². The van der Waals surface area contributed by atoms with E-state index in [1.54, 1.807) is 0 Å². The summed E-state index contributed by atoms with van der Waals surface area (Å²) in [5.41, 5.74) is 5.52. The van der Waals surface area contributed by atoms with Crippen molar-refractivity contribution in [2.24, 2.45) is 22.7 Å². The molecule has 0 saturated carbocycles. The minimum Gasteiger partial charge on any atom is -0.465 e. The molecule has 1 aliphatic rings. The van der Waals surface area contributed by atoms with Crippen LogP contribution in [0.3, 0.4) is 0 Å². The van der Waals surface area contributed by atoms with Gasteiger partial charge in [0.2, 0.25) is 0 Å². The molecule has 0 spiro atoms. The monoisotopic (exact) mass is 257 g/mol. The van der Waals surface area contributed by atoms with Crippen molar-refractivity contribution in [1.82, 2.24) is 4.90 Å². The van der Waals surface area contributed by atoms with Crippen LogP contribution in [0.4, 0.5) is 4.79 Å². The van der Waals surface area contributed by atoms with Gasteiger partial charge in [-0.2, -0.15) is 0 Å². The molecule has 0 radical (unpaired) electrons. The Hall–Kier alpha value is -1.46. The zero-order valence-corrected chi connectivity index (χ0v) is 11.0. The molecule has 0 aromatic heterocycles. The molecular weight excluding hydrogens is 234 g/mol. The number of hydrogen-bond donors (Lipinski definition) is 3. The average Bonchev–Trinajstić information content (AvgIpc) is 2.27. The number of amides is 1. The van der Waals surface area contributed by atoms with Gasteiger partial charge in [-0.05, 0) is 31.1 Å². The largest absolute Gasteiger partial charge is 0.465 e. The minimum absolute atomic E-state index is 0.0488. The fourth-order valence-corrected chi connectivity index (χ4v) is 2.68. The van der Waals surface area contributed by atoms with Crippen molar-refractivity contribution in [3.8, 4) is 0 Å². The van der Waals surface area contributed by atoms with E-state index in [2.05, 4.69) is 19.0 Å². The van der Waals surface area contributed by atoms with Crippen LogP contribution in [0.25, 0.3) is 0 Å². The molecule has 2 atom stereocenters. The number of carboxylic acid groups (broad SMARTS) is 1. The van der Waals surface area contributed by atoms with Crippen LogP contribution in [0.2, 0.25) is 0 Å². The Kier molecular flexibility index (Phi) is 5.25. The Morgan fingerprint density at radius 3 is 2.72 bits per heavy atom. The second-order valence-electron chi connectivity index (χ2n) is 5.45. The molecule has 0 aliphatic carbocycles. The highest BCUT2D eigenvalue weighted by Gasteiger charge is 2.32. The van der Waals surface area contributed by atoms with Crippen molar-refractivity contribution in [2.45, 2.75) is 45.6 Å². The normalized spacial score (nSPS) is 25.5. The minimum atomic E-state index is -0.845. The fourth-order valence-electron chi connectivity index (χ4n) is 2.68. The summed E-state index contributed by atoms with van der Waals surface area (Å²) in [5, 5.41) is 20.7. The molecular formula is C12H23N3O3. The van der Waals surface area contributed by atoms with Gasteiger partial charge in [-0.25, -0.2) is 4.79 Å². The molecule has 0 unspecified atom stereocenters. The van der Waals surface area contributed by atoms with Gasteiger partial charge in [0, 0.05) is 19.0 Å². The molecule has 18 heavy (non-hydrogen) atoms. The molecule has 6 heteroatoms. The number of carbonyl (C=O) groups is 1. The molecule has 1 fully saturated rings. The quantitative estimate of drug-likeness (QED) is 0.310. The van der Waals surface area contributed by atoms with Gasteiger partial charge in [0.05, 0.1) is 0 Å². The standard InChI is InChI=1S/C12H23N3O3/c1-8(2)5-10-6-9(7-11(13)14-18)3-4-15(10)12(16)17/h8-10,18H,3-7H2,1-2H3,(H2,13,14)(H,16,17)/t9-,10+/m0/s1. The highest BCUT2D eigenvalue weighted by Crippen LogP contribution is 2.29. The summed E-state index contributed by atoms with van der Waals surface area (Å²) in [4.78, 5) is 12.7. The zero-order chi connectivity index (χ0) is 13.7. The zero-order valence-electron chi connectivity index (χ0n) is 11.0. The molecule has 6 nitrogen and oxygen atoms in total. The van der Waals surface area contributed by atoms with Crippen molar-refractivity contribution in [1.29, 1.82) is 0 Å². The van der Waals surface area contributed by atoms with Crippen molar-refractivity contribution in [2.75, 3.05) is 6.54 Å². The van der Waals surface area contributed by atoms with Crippen LogP contribution in [0.1, 0.15) is 39.5 Å². The van der Waals surface area contributed by atoms with E-state index in [1.807, 2.05) is 0 Å². The lowest BCUT2D eigenvalue weighted by molar-refractivity contribution is 0.0822. The number of rotatable bonds is 4. The Morgan fingerprint density at radius 1 is 1.56 bits per heavy atom. The lowest BCUT2D eigenvalue weighted by Gasteiger charge is -2.38. The highest BCUT2D eigenvalue weighted by atomic mass is 16.4. The van der Waals surface area contributed by atoms with E-state index in [9.17, 15) is 9.90 Å². The van der Waals surface area contributed by atoms with Gasteiger partial charge in [0.15, 0.2) is 0 Å². The third-order valence-electron chi connectivity index (χ3n) is 3.44. The van der Waals surface area contributed by atoms with Crippen LogP contribution in [0.15, 0.2) is 5.16 Å². The first-order valence-electron chi connectivity index (χ1n) is 6.40. The molecule has 1 heterocycles. The summed E-state index contributed by atoms with van der Waals surface area (Å²) in [6.07, 6.45) is 2.12. The van der Waals surface area contributed by atoms with Gasteiger partial charge in [0.25, 0.3) is 0 Å². The van der Waals surface area contributed by atoms with Crippen LogP contribution in [-0.4, -0.2) is 39.7 Å². The number of amidine groups is 1. The van der Waals surface area contributed by atoms with Gasteiger partial charge < -0.3 is 20.9 Å². The number of oxime groups is 1. The maximum Gasteiger partial charge on any atom is 0.407 e. The Morgan fingerprint density at radius 2 is 2.22 bits per heavy atom. The Bertz CT molecular complexity index is 318. The molecule has 0 aromatic carbocycles. The first-order valence-corrected chi connectivity index (χ1v) is 6.40. The lowest BCUT2D eigenvalue weighted by atomic mass is 9.85. The smallest absolute Gasteiger partial charge is 0.407 e. The van der Waals surface area contributed by atoms with Crippen LogP contribution in [0.5, 0.6) is 0 Å². The van der Waals surface area contributed by atoms with Crippen molar-refractivity contribution < 1.29 is 15.1 Å². The van der Waals surface area contributed by atoms with Crippen LogP contribution >= 0.6 is 0 Å². The third-order valence-corrected chi connectivity index (χ3v) is 3.44. The topological polar surface area (TPSA) is 99.2 Å². The summed E-state index contributed by atoms with van der Waals surface area (Å²) < 4.78 is 0. The number of nitrogens with two attached hydrogens (primary N) is 1. The maximum atomic E-state index is 11.2. The fraction of sp³-hybridized carbons (Fsp3) is 0.833. The molecule has 1 saturated heterocycles. The molecule has 104 valence electrons. The van der Waals surface area contributed by atoms with Gasteiger partial charge in [-0.1, -0.05) is 19.0 Å². The molecule has 1 aliphatic heterocycles. The van der Waals surface area contributed by atoms with Gasteiger partial charge in [-0.15, -0.1) is 0 Å². The molecule has 1 amide bonds. The summed E-state index contributed by atoms with van der Waals surface area (Å²) in [6, 6.07) is 0.0488. The number of hydrogen-bond acceptors (Lipinski definition) is 3. The van der Waals surface area contributed by atoms with E-state index >= 15 is 0 Å². The van der Waals surface area contributed by atoms with E-state index in [0.29, 0.717) is 24.8 Å². The van der Waals surface area contributed by atoms with E-state index in [1.165, 1.54) is 4.90 Å². The highest BCUT2D eigenvalue weighted by molar-refractivity contribution is 5.79. The summed E-state index contributed by atoms with van der Waals surface area (Å²) >= 11 is 0. The summed E-state index contributed by atoms with van der Waals surface area (Å²) in [5.74, 6) is 0.992. The first kappa shape index (κ1) is 14.6. The maximum absolute atomic E-state index is 11.2. The predicted octanol–water partition coefficient (Wildman–Crippen LogP) is 1.93. The van der Waals surface area contributed by atoms with Crippen LogP contribution in [0, 0.1) is 11.8 Å². The molecule has 1 rings (SSSR count). The van der Waals surface area contributed by atoms with Gasteiger partial charge in [-0.3, -0.25) is 0 Å².